The number of aryl methyl sites for hydroxylation is 1. The van der Waals surface area contributed by atoms with E-state index in [4.69, 9.17) is 19.4 Å². The Morgan fingerprint density at radius 3 is 2.82 bits per heavy atom. The molecular formula is C25H35N5O3. The molecule has 0 saturated carbocycles. The van der Waals surface area contributed by atoms with E-state index in [1.54, 1.807) is 6.20 Å². The lowest BCUT2D eigenvalue weighted by molar-refractivity contribution is -0.160. The Balaban J connectivity index is 1.59. The Morgan fingerprint density at radius 2 is 2.09 bits per heavy atom. The van der Waals surface area contributed by atoms with Gasteiger partial charge >= 0.3 is 0 Å². The third-order valence-electron chi connectivity index (χ3n) is 5.76. The molecule has 0 radical (unpaired) electrons. The molecule has 0 bridgehead atoms. The van der Waals surface area contributed by atoms with Crippen LogP contribution in [0.25, 0.3) is 11.5 Å². The standard InChI is InChI=1S/C25H35N5O3/c1-25(2,3)29-21(31)17-30(14-16-33-22-12-5-7-15-32-22)24-18-9-8-11-19(18)27-23(28-24)20-10-4-6-13-26-20/h4,6,10,13,22H,5,7-9,11-12,14-17H2,1-3H3,(H,29,31). The molecule has 8 heteroatoms. The third kappa shape index (κ3) is 6.48. The van der Waals surface area contributed by atoms with Gasteiger partial charge in [-0.15, -0.1) is 0 Å². The highest BCUT2D eigenvalue weighted by Crippen LogP contribution is 2.31. The van der Waals surface area contributed by atoms with Crippen LogP contribution in [0.5, 0.6) is 0 Å². The van der Waals surface area contributed by atoms with Crippen LogP contribution in [-0.2, 0) is 27.1 Å². The van der Waals surface area contributed by atoms with E-state index < -0.39 is 0 Å². The van der Waals surface area contributed by atoms with Crippen LogP contribution in [0, 0.1) is 0 Å². The number of fused-ring (bicyclic) bond motifs is 1. The molecular weight excluding hydrogens is 418 g/mol. The lowest BCUT2D eigenvalue weighted by Gasteiger charge is -2.29. The van der Waals surface area contributed by atoms with Crippen LogP contribution in [0.1, 0.15) is 57.7 Å². The lowest BCUT2D eigenvalue weighted by atomic mass is 10.1. The van der Waals surface area contributed by atoms with Gasteiger partial charge in [0.25, 0.3) is 0 Å². The van der Waals surface area contributed by atoms with E-state index in [0.29, 0.717) is 19.0 Å². The number of amides is 1. The zero-order valence-electron chi connectivity index (χ0n) is 20.0. The van der Waals surface area contributed by atoms with Crippen molar-refractivity contribution >= 4 is 11.7 Å². The normalized spacial score (nSPS) is 18.1. The van der Waals surface area contributed by atoms with Crippen molar-refractivity contribution in [3.05, 3.63) is 35.7 Å². The first-order valence-electron chi connectivity index (χ1n) is 12.0. The van der Waals surface area contributed by atoms with Crippen molar-refractivity contribution in [1.29, 1.82) is 0 Å². The second-order valence-corrected chi connectivity index (χ2v) is 9.75. The minimum absolute atomic E-state index is 0.0406. The van der Waals surface area contributed by atoms with Gasteiger partial charge in [-0.25, -0.2) is 9.97 Å². The number of aromatic nitrogens is 3. The predicted octanol–water partition coefficient (Wildman–Crippen LogP) is 3.29. The molecule has 4 rings (SSSR count). The fourth-order valence-corrected chi connectivity index (χ4v) is 4.31. The summed E-state index contributed by atoms with van der Waals surface area (Å²) in [4.78, 5) is 29.1. The van der Waals surface area contributed by atoms with Crippen molar-refractivity contribution in [3.8, 4) is 11.5 Å². The number of rotatable bonds is 8. The van der Waals surface area contributed by atoms with Gasteiger partial charge in [-0.05, 0) is 71.4 Å². The van der Waals surface area contributed by atoms with Gasteiger partial charge in [0.2, 0.25) is 5.91 Å². The lowest BCUT2D eigenvalue weighted by Crippen LogP contribution is -2.47. The molecule has 1 N–H and O–H groups in total. The van der Waals surface area contributed by atoms with E-state index in [1.807, 2.05) is 43.9 Å². The summed E-state index contributed by atoms with van der Waals surface area (Å²) in [6.07, 6.45) is 7.57. The molecule has 2 aromatic rings. The van der Waals surface area contributed by atoms with Gasteiger partial charge < -0.3 is 19.7 Å². The summed E-state index contributed by atoms with van der Waals surface area (Å²) in [5.41, 5.74) is 2.62. The Hall–Kier alpha value is -2.58. The summed E-state index contributed by atoms with van der Waals surface area (Å²) >= 11 is 0. The maximum atomic E-state index is 12.9. The van der Waals surface area contributed by atoms with Gasteiger partial charge in [0.05, 0.1) is 13.2 Å². The number of carbonyl (C=O) groups excluding carboxylic acids is 1. The van der Waals surface area contributed by atoms with Gasteiger partial charge in [0.15, 0.2) is 12.1 Å². The molecule has 1 aliphatic carbocycles. The predicted molar refractivity (Wildman–Crippen MR) is 127 cm³/mol. The monoisotopic (exact) mass is 453 g/mol. The summed E-state index contributed by atoms with van der Waals surface area (Å²) in [7, 11) is 0. The first-order valence-corrected chi connectivity index (χ1v) is 12.0. The van der Waals surface area contributed by atoms with Crippen LogP contribution < -0.4 is 10.2 Å². The first kappa shape index (κ1) is 23.6. The Bertz CT molecular complexity index is 939. The van der Waals surface area contributed by atoms with Crippen LogP contribution in [-0.4, -0.2) is 59.0 Å². The summed E-state index contributed by atoms with van der Waals surface area (Å²) in [6.45, 7) is 7.92. The molecule has 1 unspecified atom stereocenters. The molecule has 1 fully saturated rings. The smallest absolute Gasteiger partial charge is 0.239 e. The number of carbonyl (C=O) groups is 1. The SMILES string of the molecule is CC(C)(C)NC(=O)CN(CCOC1CCCCO1)c1nc(-c2ccccn2)nc2c1CCC2. The number of hydrogen-bond donors (Lipinski definition) is 1. The number of pyridine rings is 1. The quantitative estimate of drug-likeness (QED) is 0.656. The molecule has 0 spiro atoms. The van der Waals surface area contributed by atoms with Crippen molar-refractivity contribution in [3.63, 3.8) is 0 Å². The molecule has 1 atom stereocenters. The summed E-state index contributed by atoms with van der Waals surface area (Å²) in [5.74, 6) is 1.38. The van der Waals surface area contributed by atoms with E-state index >= 15 is 0 Å². The van der Waals surface area contributed by atoms with Gasteiger partial charge in [-0.2, -0.15) is 0 Å². The highest BCUT2D eigenvalue weighted by atomic mass is 16.7. The number of nitrogens with zero attached hydrogens (tertiary/aromatic N) is 4. The molecule has 2 aliphatic rings. The average Bonchev–Trinajstić information content (AvgIpc) is 3.27. The second kappa shape index (κ2) is 10.6. The van der Waals surface area contributed by atoms with Crippen molar-refractivity contribution in [2.75, 3.05) is 31.2 Å². The fourth-order valence-electron chi connectivity index (χ4n) is 4.31. The highest BCUT2D eigenvalue weighted by molar-refractivity contribution is 5.82. The van der Waals surface area contributed by atoms with Crippen LogP contribution >= 0.6 is 0 Å². The van der Waals surface area contributed by atoms with Gasteiger partial charge in [-0.3, -0.25) is 9.78 Å². The maximum absolute atomic E-state index is 12.9. The van der Waals surface area contributed by atoms with Crippen LogP contribution in [0.4, 0.5) is 5.82 Å². The number of hydrogen-bond acceptors (Lipinski definition) is 7. The number of ether oxygens (including phenoxy) is 2. The topological polar surface area (TPSA) is 89.5 Å². The molecule has 33 heavy (non-hydrogen) atoms. The van der Waals surface area contributed by atoms with Gasteiger partial charge in [0.1, 0.15) is 11.5 Å². The van der Waals surface area contributed by atoms with Crippen LogP contribution in [0.2, 0.25) is 0 Å². The average molecular weight is 454 g/mol. The summed E-state index contributed by atoms with van der Waals surface area (Å²) in [5, 5.41) is 3.07. The van der Waals surface area contributed by atoms with E-state index in [9.17, 15) is 4.79 Å². The Morgan fingerprint density at radius 1 is 1.21 bits per heavy atom. The highest BCUT2D eigenvalue weighted by Gasteiger charge is 2.26. The molecule has 2 aromatic heterocycles. The maximum Gasteiger partial charge on any atom is 0.239 e. The van der Waals surface area contributed by atoms with Gasteiger partial charge in [-0.1, -0.05) is 6.07 Å². The third-order valence-corrected chi connectivity index (χ3v) is 5.76. The Kier molecular flexibility index (Phi) is 7.55. The van der Waals surface area contributed by atoms with Crippen LogP contribution in [0.15, 0.2) is 24.4 Å². The van der Waals surface area contributed by atoms with Gasteiger partial charge in [0, 0.05) is 36.1 Å². The van der Waals surface area contributed by atoms with Crippen molar-refractivity contribution in [1.82, 2.24) is 20.3 Å². The van der Waals surface area contributed by atoms with Crippen molar-refractivity contribution in [2.24, 2.45) is 0 Å². The van der Waals surface area contributed by atoms with E-state index in [2.05, 4.69) is 10.3 Å². The van der Waals surface area contributed by atoms with Crippen molar-refractivity contribution in [2.45, 2.75) is 71.1 Å². The Labute approximate surface area is 196 Å². The summed E-state index contributed by atoms with van der Waals surface area (Å²) in [6, 6.07) is 5.73. The minimum Gasteiger partial charge on any atom is -0.353 e. The molecule has 3 heterocycles. The molecule has 1 saturated heterocycles. The molecule has 1 aliphatic heterocycles. The zero-order valence-corrected chi connectivity index (χ0v) is 20.0. The largest absolute Gasteiger partial charge is 0.353 e. The summed E-state index contributed by atoms with van der Waals surface area (Å²) < 4.78 is 11.7. The zero-order chi connectivity index (χ0) is 23.3. The molecule has 0 aromatic carbocycles. The van der Waals surface area contributed by atoms with E-state index in [1.165, 1.54) is 0 Å². The molecule has 8 nitrogen and oxygen atoms in total. The fraction of sp³-hybridized carbons (Fsp3) is 0.600. The van der Waals surface area contributed by atoms with Crippen LogP contribution in [0.3, 0.4) is 0 Å². The van der Waals surface area contributed by atoms with E-state index in [0.717, 1.165) is 67.9 Å². The van der Waals surface area contributed by atoms with E-state index in [-0.39, 0.29) is 24.3 Å². The molecule has 1 amide bonds. The first-order chi connectivity index (χ1) is 15.9. The van der Waals surface area contributed by atoms with Crippen molar-refractivity contribution < 1.29 is 14.3 Å². The molecule has 178 valence electrons. The second-order valence-electron chi connectivity index (χ2n) is 9.75. The number of nitrogens with one attached hydrogen (secondary N) is 1. The minimum atomic E-state index is -0.304. The number of anilines is 1.